The summed E-state index contributed by atoms with van der Waals surface area (Å²) in [6, 6.07) is 0. The Bertz CT molecular complexity index is 668. The van der Waals surface area contributed by atoms with Gasteiger partial charge < -0.3 is 20.3 Å². The molecule has 8 nitrogen and oxygen atoms in total. The van der Waals surface area contributed by atoms with E-state index in [2.05, 4.69) is 21.8 Å². The van der Waals surface area contributed by atoms with Crippen molar-refractivity contribution in [1.82, 2.24) is 14.5 Å². The van der Waals surface area contributed by atoms with Gasteiger partial charge in [0.05, 0.1) is 6.10 Å². The third-order valence-corrected chi connectivity index (χ3v) is 3.90. The molecule has 22 heavy (non-hydrogen) atoms. The Hall–Kier alpha value is -1.66. The molecule has 120 valence electrons. The van der Waals surface area contributed by atoms with Gasteiger partial charge in [-0.25, -0.2) is 9.78 Å². The third kappa shape index (κ3) is 2.68. The third-order valence-electron chi connectivity index (χ3n) is 3.40. The fraction of sp³-hybridized carbons (Fsp3) is 0.615. The molecule has 2 rings (SSSR count). The van der Waals surface area contributed by atoms with Crippen molar-refractivity contribution in [2.75, 3.05) is 12.8 Å². The lowest BCUT2D eigenvalue weighted by atomic mass is 9.96. The van der Waals surface area contributed by atoms with Crippen LogP contribution in [0.2, 0.25) is 0 Å². The van der Waals surface area contributed by atoms with E-state index in [1.165, 1.54) is 20.4 Å². The van der Waals surface area contributed by atoms with Gasteiger partial charge in [-0.3, -0.25) is 4.57 Å². The Kier molecular flexibility index (Phi) is 4.72. The number of aromatic nitrogens is 3. The molecule has 0 spiro atoms. The molecular weight excluding hydrogens is 312 g/mol. The number of hydrogen-bond acceptors (Lipinski definition) is 7. The number of ether oxygens (including phenoxy) is 2. The Morgan fingerprint density at radius 2 is 2.36 bits per heavy atom. The summed E-state index contributed by atoms with van der Waals surface area (Å²) in [5, 5.41) is 9.88. The second kappa shape index (κ2) is 6.22. The van der Waals surface area contributed by atoms with Crippen LogP contribution in [0.5, 0.6) is 0 Å². The van der Waals surface area contributed by atoms with Crippen LogP contribution in [0, 0.1) is 11.8 Å². The Morgan fingerprint density at radius 1 is 1.68 bits per heavy atom. The van der Waals surface area contributed by atoms with E-state index < -0.39 is 35.1 Å². The largest absolute Gasteiger partial charge is 0.391 e. The van der Waals surface area contributed by atoms with Crippen LogP contribution in [0.1, 0.15) is 20.1 Å². The van der Waals surface area contributed by atoms with Crippen LogP contribution in [0.4, 0.5) is 5.95 Å². The number of nitrogens with zero attached hydrogens (tertiary/aromatic N) is 3. The van der Waals surface area contributed by atoms with E-state index in [1.807, 2.05) is 0 Å². The van der Waals surface area contributed by atoms with E-state index in [0.717, 1.165) is 4.57 Å². The average molecular weight is 329 g/mol. The number of nitrogen functional groups attached to an aromatic ring is 1. The Labute approximate surface area is 132 Å². The highest BCUT2D eigenvalue weighted by Gasteiger charge is 2.58. The number of aliphatic hydroxyl groups is 1. The van der Waals surface area contributed by atoms with Gasteiger partial charge in [0, 0.05) is 7.11 Å². The molecule has 0 saturated carbocycles. The minimum absolute atomic E-state index is 0.156. The minimum atomic E-state index is -1.38. The Balaban J connectivity index is 2.57. The van der Waals surface area contributed by atoms with Crippen LogP contribution in [-0.2, 0) is 9.47 Å². The molecule has 5 atom stereocenters. The molecule has 1 aromatic rings. The van der Waals surface area contributed by atoms with Crippen molar-refractivity contribution < 1.29 is 14.6 Å². The van der Waals surface area contributed by atoms with Crippen molar-refractivity contribution in [3.8, 4) is 11.8 Å². The van der Waals surface area contributed by atoms with Crippen molar-refractivity contribution >= 4 is 17.5 Å². The zero-order chi connectivity index (χ0) is 16.5. The lowest BCUT2D eigenvalue weighted by Crippen LogP contribution is -2.46. The normalized spacial score (nSPS) is 32.3. The highest BCUT2D eigenvalue weighted by Crippen LogP contribution is 2.44. The molecule has 0 aliphatic carbocycles. The van der Waals surface area contributed by atoms with Gasteiger partial charge in [0.2, 0.25) is 5.95 Å². The van der Waals surface area contributed by atoms with E-state index in [1.54, 1.807) is 6.92 Å². The first-order valence-corrected chi connectivity index (χ1v) is 6.92. The topological polar surface area (TPSA) is 112 Å². The number of nitrogens with two attached hydrogens (primary N) is 1. The zero-order valence-corrected chi connectivity index (χ0v) is 13.1. The summed E-state index contributed by atoms with van der Waals surface area (Å²) in [7, 11) is 1.43. The molecule has 0 amide bonds. The number of alkyl halides is 1. The maximum absolute atomic E-state index is 12.0. The molecule has 1 saturated heterocycles. The van der Waals surface area contributed by atoms with Gasteiger partial charge >= 0.3 is 5.69 Å². The molecule has 1 aromatic heterocycles. The molecule has 1 aliphatic rings. The first kappa shape index (κ1) is 16.7. The monoisotopic (exact) mass is 328 g/mol. The second-order valence-corrected chi connectivity index (χ2v) is 5.52. The number of anilines is 1. The van der Waals surface area contributed by atoms with Crippen LogP contribution >= 0.6 is 11.6 Å². The smallest absolute Gasteiger partial charge is 0.354 e. The molecule has 9 heteroatoms. The van der Waals surface area contributed by atoms with Crippen molar-refractivity contribution in [3.63, 3.8) is 0 Å². The molecule has 1 aliphatic heterocycles. The van der Waals surface area contributed by atoms with Crippen molar-refractivity contribution in [2.45, 2.75) is 43.3 Å². The fourth-order valence-corrected chi connectivity index (χ4v) is 2.94. The molecule has 0 bridgehead atoms. The Morgan fingerprint density at radius 3 is 2.86 bits per heavy atom. The van der Waals surface area contributed by atoms with Crippen LogP contribution < -0.4 is 11.4 Å². The van der Waals surface area contributed by atoms with Gasteiger partial charge in [0.1, 0.15) is 18.5 Å². The van der Waals surface area contributed by atoms with Crippen molar-refractivity contribution in [3.05, 3.63) is 16.8 Å². The first-order valence-electron chi connectivity index (χ1n) is 6.55. The maximum Gasteiger partial charge on any atom is 0.354 e. The summed E-state index contributed by atoms with van der Waals surface area (Å²) >= 11 is 6.61. The van der Waals surface area contributed by atoms with E-state index in [9.17, 15) is 9.90 Å². The SMILES string of the molecule is CC#CC1(Cl)[C@@H](OC)[C@@H]([C@H](C)O)O[C@H]1n1cnc(N)nc1=O. The highest BCUT2D eigenvalue weighted by atomic mass is 35.5. The summed E-state index contributed by atoms with van der Waals surface area (Å²) in [5.41, 5.74) is 4.70. The first-order chi connectivity index (χ1) is 10.3. The molecule has 2 heterocycles. The van der Waals surface area contributed by atoms with E-state index in [0.29, 0.717) is 0 Å². The van der Waals surface area contributed by atoms with Gasteiger partial charge in [-0.05, 0) is 13.8 Å². The summed E-state index contributed by atoms with van der Waals surface area (Å²) in [5.74, 6) is 5.35. The van der Waals surface area contributed by atoms with Gasteiger partial charge in [-0.2, -0.15) is 4.98 Å². The van der Waals surface area contributed by atoms with Crippen molar-refractivity contribution in [1.29, 1.82) is 0 Å². The quantitative estimate of drug-likeness (QED) is 0.569. The minimum Gasteiger partial charge on any atom is -0.391 e. The number of methoxy groups -OCH3 is 1. The van der Waals surface area contributed by atoms with E-state index in [4.69, 9.17) is 26.8 Å². The fourth-order valence-electron chi connectivity index (χ4n) is 2.48. The maximum atomic E-state index is 12.0. The molecule has 0 aromatic carbocycles. The van der Waals surface area contributed by atoms with Crippen LogP contribution in [0.25, 0.3) is 0 Å². The highest BCUT2D eigenvalue weighted by molar-refractivity contribution is 6.27. The van der Waals surface area contributed by atoms with Gasteiger partial charge in [0.25, 0.3) is 0 Å². The zero-order valence-electron chi connectivity index (χ0n) is 12.4. The predicted octanol–water partition coefficient (Wildman–Crippen LogP) is -0.485. The van der Waals surface area contributed by atoms with E-state index >= 15 is 0 Å². The van der Waals surface area contributed by atoms with E-state index in [-0.39, 0.29) is 5.95 Å². The van der Waals surface area contributed by atoms with Gasteiger partial charge in [0.15, 0.2) is 11.1 Å². The summed E-state index contributed by atoms with van der Waals surface area (Å²) in [6.07, 6.45) is -2.24. The van der Waals surface area contributed by atoms with Crippen molar-refractivity contribution in [2.24, 2.45) is 0 Å². The van der Waals surface area contributed by atoms with Crippen LogP contribution in [0.15, 0.2) is 11.1 Å². The average Bonchev–Trinajstić information content (AvgIpc) is 2.72. The molecule has 1 fully saturated rings. The van der Waals surface area contributed by atoms with Gasteiger partial charge in [-0.1, -0.05) is 17.5 Å². The summed E-state index contributed by atoms with van der Waals surface area (Å²) in [6.45, 7) is 3.14. The molecule has 0 radical (unpaired) electrons. The van der Waals surface area contributed by atoms with Crippen LogP contribution in [-0.4, -0.2) is 49.9 Å². The predicted molar refractivity (Wildman–Crippen MR) is 79.1 cm³/mol. The summed E-state index contributed by atoms with van der Waals surface area (Å²) in [4.78, 5) is 18.0. The standard InChI is InChI=1S/C13H17ClN4O4/c1-4-5-13(14)9(21-3)8(7(2)19)22-10(13)18-6-16-11(15)17-12(18)20/h6-10,19H,1-3H3,(H2,15,17,20)/t7-,8+,9-,10+,13?/m0/s1. The molecular formula is C13H17ClN4O4. The van der Waals surface area contributed by atoms with Crippen LogP contribution in [0.3, 0.4) is 0 Å². The number of halogens is 1. The second-order valence-electron chi connectivity index (χ2n) is 4.90. The number of hydrogen-bond donors (Lipinski definition) is 2. The summed E-state index contributed by atoms with van der Waals surface area (Å²) < 4.78 is 12.2. The lowest BCUT2D eigenvalue weighted by molar-refractivity contribution is -0.0839. The number of rotatable bonds is 3. The molecule has 3 N–H and O–H groups in total. The molecule has 1 unspecified atom stereocenters. The van der Waals surface area contributed by atoms with Gasteiger partial charge in [-0.15, -0.1) is 5.92 Å². The number of aliphatic hydroxyl groups excluding tert-OH is 1. The lowest BCUT2D eigenvalue weighted by Gasteiger charge is -2.27.